The molecule has 0 radical (unpaired) electrons. The summed E-state index contributed by atoms with van der Waals surface area (Å²) in [5.41, 5.74) is -0.346. The summed E-state index contributed by atoms with van der Waals surface area (Å²) >= 11 is 0. The van der Waals surface area contributed by atoms with Crippen molar-refractivity contribution < 1.29 is 27.7 Å². The zero-order chi connectivity index (χ0) is 29.9. The fourth-order valence-corrected chi connectivity index (χ4v) is 8.92. The first-order chi connectivity index (χ1) is 20.7. The van der Waals surface area contributed by atoms with Crippen LogP contribution in [0.4, 0.5) is 10.5 Å². The van der Waals surface area contributed by atoms with E-state index >= 15 is 0 Å². The highest BCUT2D eigenvalue weighted by Gasteiger charge is 2.71. The highest BCUT2D eigenvalue weighted by molar-refractivity contribution is 7.89. The summed E-state index contributed by atoms with van der Waals surface area (Å²) in [7, 11) is -4.35. The van der Waals surface area contributed by atoms with Crippen molar-refractivity contribution in [3.05, 3.63) is 76.5 Å². The van der Waals surface area contributed by atoms with Crippen LogP contribution in [0.3, 0.4) is 0 Å². The Morgan fingerprint density at radius 2 is 1.77 bits per heavy atom. The number of benzene rings is 2. The Kier molecular flexibility index (Phi) is 6.69. The van der Waals surface area contributed by atoms with Gasteiger partial charge in [-0.05, 0) is 30.2 Å². The van der Waals surface area contributed by atoms with Crippen LogP contribution >= 0.6 is 0 Å². The lowest BCUT2D eigenvalue weighted by atomic mass is 9.87. The maximum atomic E-state index is 14.4. The number of nitro groups is 1. The molecule has 1 unspecified atom stereocenters. The second kappa shape index (κ2) is 10.3. The Balaban J connectivity index is 1.28. The van der Waals surface area contributed by atoms with Crippen LogP contribution in [-0.4, -0.2) is 107 Å². The number of hydrogen-bond donors (Lipinski definition) is 0. The van der Waals surface area contributed by atoms with Crippen molar-refractivity contribution in [3.63, 3.8) is 0 Å². The predicted molar refractivity (Wildman–Crippen MR) is 153 cm³/mol. The third-order valence-electron chi connectivity index (χ3n) is 9.28. The van der Waals surface area contributed by atoms with Gasteiger partial charge in [0.15, 0.2) is 4.90 Å². The number of pyridine rings is 1. The lowest BCUT2D eigenvalue weighted by molar-refractivity contribution is -0.387. The van der Waals surface area contributed by atoms with Gasteiger partial charge in [-0.1, -0.05) is 30.3 Å². The molecule has 3 atom stereocenters. The molecule has 0 bridgehead atoms. The van der Waals surface area contributed by atoms with E-state index in [9.17, 15) is 28.1 Å². The normalized spacial score (nSPS) is 26.3. The number of carbonyl (C=O) groups excluding carboxylic acids is 2. The standard InChI is InChI=1S/C29H30N6O7S/c36-27-29-19-32(43(40,41)26-8-4-3-7-24(26)35(38)39)18-20(29)17-25(22-9-10-30-23-6-2-1-5-21(22)23)34(29)28(37)33(27)12-11-31-13-15-42-16-14-31/h1-10,20,25H,11-19H2/t20-,25+,29?/m1/s1. The van der Waals surface area contributed by atoms with Gasteiger partial charge in [0.1, 0.15) is 5.54 Å². The van der Waals surface area contributed by atoms with Crippen LogP contribution in [0.15, 0.2) is 65.7 Å². The van der Waals surface area contributed by atoms with Gasteiger partial charge < -0.3 is 9.64 Å². The second-order valence-electron chi connectivity index (χ2n) is 11.4. The maximum absolute atomic E-state index is 14.4. The number of amides is 3. The summed E-state index contributed by atoms with van der Waals surface area (Å²) in [4.78, 5) is 48.6. The van der Waals surface area contributed by atoms with Crippen molar-refractivity contribution in [2.45, 2.75) is 22.9 Å². The molecular weight excluding hydrogens is 576 g/mol. The van der Waals surface area contributed by atoms with Crippen molar-refractivity contribution in [3.8, 4) is 0 Å². The van der Waals surface area contributed by atoms with Crippen LogP contribution in [0, 0.1) is 16.0 Å². The van der Waals surface area contributed by atoms with Gasteiger partial charge in [-0.3, -0.25) is 29.7 Å². The average molecular weight is 607 g/mol. The highest BCUT2D eigenvalue weighted by atomic mass is 32.2. The topological polar surface area (TPSA) is 146 Å². The van der Waals surface area contributed by atoms with E-state index in [2.05, 4.69) is 9.88 Å². The Morgan fingerprint density at radius 3 is 2.56 bits per heavy atom. The number of rotatable bonds is 7. The molecule has 0 aliphatic carbocycles. The summed E-state index contributed by atoms with van der Waals surface area (Å²) in [6.45, 7) is 2.89. The molecule has 0 saturated carbocycles. The average Bonchev–Trinajstić information content (AvgIpc) is 3.62. The van der Waals surface area contributed by atoms with Gasteiger partial charge in [-0.25, -0.2) is 13.2 Å². The molecule has 0 N–H and O–H groups in total. The molecule has 3 amide bonds. The van der Waals surface area contributed by atoms with Gasteiger partial charge in [0.05, 0.1) is 29.7 Å². The van der Waals surface area contributed by atoms with E-state index in [1.807, 2.05) is 30.3 Å². The molecule has 224 valence electrons. The first-order valence-electron chi connectivity index (χ1n) is 14.3. The van der Waals surface area contributed by atoms with Crippen molar-refractivity contribution in [2.75, 3.05) is 52.5 Å². The minimum Gasteiger partial charge on any atom is -0.379 e. The van der Waals surface area contributed by atoms with Crippen molar-refractivity contribution in [1.82, 2.24) is 24.0 Å². The number of hydrogen-bond acceptors (Lipinski definition) is 9. The monoisotopic (exact) mass is 606 g/mol. The van der Waals surface area contributed by atoms with Crippen LogP contribution in [0.25, 0.3) is 10.9 Å². The van der Waals surface area contributed by atoms with E-state index < -0.39 is 55.0 Å². The van der Waals surface area contributed by atoms with Crippen molar-refractivity contribution in [1.29, 1.82) is 0 Å². The van der Waals surface area contributed by atoms with Gasteiger partial charge >= 0.3 is 6.03 Å². The quantitative estimate of drug-likeness (QED) is 0.224. The number of nitrogens with zero attached hydrogens (tertiary/aromatic N) is 6. The Morgan fingerprint density at radius 1 is 1.02 bits per heavy atom. The number of urea groups is 1. The minimum atomic E-state index is -4.35. The van der Waals surface area contributed by atoms with Crippen LogP contribution in [-0.2, 0) is 19.6 Å². The summed E-state index contributed by atoms with van der Waals surface area (Å²) in [6.07, 6.45) is 2.05. The molecule has 4 fully saturated rings. The number of ether oxygens (including phenoxy) is 1. The maximum Gasteiger partial charge on any atom is 0.328 e. The lowest BCUT2D eigenvalue weighted by Gasteiger charge is -2.32. The SMILES string of the molecule is O=C1N(CCN2CCOCC2)C(=O)C23CN(S(=O)(=O)c4ccccc4[N+](=O)[O-])C[C@H]2C[C@@H](c2ccnc4ccccc24)N13. The zero-order valence-electron chi connectivity index (χ0n) is 23.2. The molecule has 1 spiro atoms. The number of aromatic nitrogens is 1. The number of carbonyl (C=O) groups is 2. The molecule has 5 heterocycles. The van der Waals surface area contributed by atoms with E-state index in [4.69, 9.17) is 4.74 Å². The number of nitro benzene ring substituents is 1. The number of imide groups is 1. The van der Waals surface area contributed by atoms with Crippen molar-refractivity contribution >= 4 is 38.6 Å². The molecule has 14 heteroatoms. The van der Waals surface area contributed by atoms with Crippen LogP contribution in [0.5, 0.6) is 0 Å². The number of para-hydroxylation sites is 2. The number of sulfonamides is 1. The molecule has 4 aliphatic heterocycles. The molecule has 1 aromatic heterocycles. The molecule has 13 nitrogen and oxygen atoms in total. The summed E-state index contributed by atoms with van der Waals surface area (Å²) in [5, 5.41) is 12.6. The highest BCUT2D eigenvalue weighted by Crippen LogP contribution is 2.56. The predicted octanol–water partition coefficient (Wildman–Crippen LogP) is 2.24. The summed E-state index contributed by atoms with van der Waals surface area (Å²) in [6, 6.07) is 13.7. The molecule has 43 heavy (non-hydrogen) atoms. The minimum absolute atomic E-state index is 0.0410. The number of fused-ring (bicyclic) bond motifs is 1. The Hall–Kier alpha value is -3.98. The van der Waals surface area contributed by atoms with E-state index in [-0.39, 0.29) is 19.6 Å². The molecule has 7 rings (SSSR count). The lowest BCUT2D eigenvalue weighted by Crippen LogP contribution is -2.52. The van der Waals surface area contributed by atoms with Crippen LogP contribution in [0.1, 0.15) is 18.0 Å². The summed E-state index contributed by atoms with van der Waals surface area (Å²) in [5.74, 6) is -0.927. The third-order valence-corrected chi connectivity index (χ3v) is 11.1. The summed E-state index contributed by atoms with van der Waals surface area (Å²) < 4.78 is 34.3. The van der Waals surface area contributed by atoms with Crippen LogP contribution in [0.2, 0.25) is 0 Å². The van der Waals surface area contributed by atoms with Gasteiger partial charge in [-0.2, -0.15) is 4.31 Å². The fourth-order valence-electron chi connectivity index (χ4n) is 7.24. The van der Waals surface area contributed by atoms with E-state index in [1.54, 1.807) is 11.1 Å². The third kappa shape index (κ3) is 4.23. The van der Waals surface area contributed by atoms with Crippen molar-refractivity contribution in [2.24, 2.45) is 5.92 Å². The molecule has 3 aromatic rings. The van der Waals surface area contributed by atoms with Gasteiger partial charge in [0.2, 0.25) is 10.0 Å². The molecule has 2 aromatic carbocycles. The molecule has 4 aliphatic rings. The largest absolute Gasteiger partial charge is 0.379 e. The first-order valence-corrected chi connectivity index (χ1v) is 15.7. The Bertz CT molecular complexity index is 1740. The Labute approximate surface area is 247 Å². The van der Waals surface area contributed by atoms with E-state index in [0.29, 0.717) is 39.3 Å². The van der Waals surface area contributed by atoms with Gasteiger partial charge in [0.25, 0.3) is 11.6 Å². The van der Waals surface area contributed by atoms with Crippen LogP contribution < -0.4 is 0 Å². The zero-order valence-corrected chi connectivity index (χ0v) is 24.1. The second-order valence-corrected chi connectivity index (χ2v) is 13.3. The molecule has 4 saturated heterocycles. The smallest absolute Gasteiger partial charge is 0.328 e. The first kappa shape index (κ1) is 27.8. The van der Waals surface area contributed by atoms with E-state index in [1.165, 1.54) is 23.1 Å². The van der Waals surface area contributed by atoms with Gasteiger partial charge in [-0.15, -0.1) is 0 Å². The van der Waals surface area contributed by atoms with E-state index in [0.717, 1.165) is 26.8 Å². The number of morpholine rings is 1. The fraction of sp³-hybridized carbons (Fsp3) is 0.414. The van der Waals surface area contributed by atoms with Gasteiger partial charge in [0, 0.05) is 62.8 Å². The molecular formula is C29H30N6O7S.